The molecule has 0 bridgehead atoms. The van der Waals surface area contributed by atoms with Crippen LogP contribution in [-0.2, 0) is 20.6 Å². The van der Waals surface area contributed by atoms with E-state index in [1.54, 1.807) is 0 Å². The molecule has 2 aromatic rings. The average Bonchev–Trinajstić information content (AvgIpc) is 2.83. The first-order valence-corrected chi connectivity index (χ1v) is 11.4. The molecule has 8 heteroatoms. The van der Waals surface area contributed by atoms with Gasteiger partial charge in [0.05, 0.1) is 31.6 Å². The molecule has 0 radical (unpaired) electrons. The quantitative estimate of drug-likeness (QED) is 0.748. The van der Waals surface area contributed by atoms with Crippen molar-refractivity contribution in [3.63, 3.8) is 0 Å². The summed E-state index contributed by atoms with van der Waals surface area (Å²) in [7, 11) is 0. The summed E-state index contributed by atoms with van der Waals surface area (Å²) in [6.07, 6.45) is 3.56. The second-order valence-electron chi connectivity index (χ2n) is 8.59. The molecular weight excluding hydrogens is 422 g/mol. The second-order valence-corrected chi connectivity index (χ2v) is 8.59. The van der Waals surface area contributed by atoms with Gasteiger partial charge < -0.3 is 29.0 Å². The third-order valence-electron chi connectivity index (χ3n) is 5.82. The number of aliphatic hydroxyl groups excluding tert-OH is 1. The highest BCUT2D eigenvalue weighted by molar-refractivity contribution is 5.97. The minimum atomic E-state index is -0.964. The summed E-state index contributed by atoms with van der Waals surface area (Å²) >= 11 is 0. The zero-order valence-corrected chi connectivity index (χ0v) is 18.9. The molecule has 1 N–H and O–H groups in total. The van der Waals surface area contributed by atoms with Crippen molar-refractivity contribution < 1.29 is 24.1 Å². The van der Waals surface area contributed by atoms with Gasteiger partial charge in [0, 0.05) is 36.0 Å². The average molecular weight is 452 g/mol. The topological polar surface area (TPSA) is 85.6 Å². The van der Waals surface area contributed by atoms with Crippen molar-refractivity contribution in [3.8, 4) is 17.0 Å². The van der Waals surface area contributed by atoms with Crippen LogP contribution in [0.1, 0.15) is 25.0 Å². The van der Waals surface area contributed by atoms with Crippen molar-refractivity contribution in [1.82, 2.24) is 9.88 Å². The molecule has 2 unspecified atom stereocenters. The molecule has 0 saturated carbocycles. The molecule has 5 rings (SSSR count). The molecule has 174 valence electrons. The van der Waals surface area contributed by atoms with Crippen molar-refractivity contribution in [2.24, 2.45) is 4.99 Å². The molecule has 0 spiro atoms. The van der Waals surface area contributed by atoms with Gasteiger partial charge in [0.25, 0.3) is 0 Å². The number of hydrogen-bond acceptors (Lipinski definition) is 8. The molecule has 0 aliphatic carbocycles. The normalized spacial score (nSPS) is 22.2. The molecule has 1 aromatic heterocycles. The number of nitrogens with zero attached hydrogens (tertiary/aromatic N) is 3. The van der Waals surface area contributed by atoms with Crippen molar-refractivity contribution in [3.05, 3.63) is 53.7 Å². The van der Waals surface area contributed by atoms with Crippen LogP contribution in [0.2, 0.25) is 0 Å². The van der Waals surface area contributed by atoms with Gasteiger partial charge in [0.1, 0.15) is 12.7 Å². The van der Waals surface area contributed by atoms with E-state index in [0.29, 0.717) is 44.8 Å². The first-order valence-electron chi connectivity index (χ1n) is 11.4. The third kappa shape index (κ3) is 4.88. The Kier molecular flexibility index (Phi) is 6.30. The Hall–Kier alpha value is -2.94. The van der Waals surface area contributed by atoms with Crippen LogP contribution in [0.15, 0.2) is 47.6 Å². The zero-order chi connectivity index (χ0) is 22.8. The SMILES string of the molecule is CC(C)Oc1ccc(-c2ccc3c(c2)CCN2C3=CC(OCC3COCCO3)=NC2O)cn1. The maximum absolute atomic E-state index is 10.6. The predicted octanol–water partition coefficient (Wildman–Crippen LogP) is 2.85. The van der Waals surface area contributed by atoms with Gasteiger partial charge in [-0.25, -0.2) is 4.98 Å². The molecule has 1 saturated heterocycles. The van der Waals surface area contributed by atoms with Crippen molar-refractivity contribution in [1.29, 1.82) is 0 Å². The van der Waals surface area contributed by atoms with Crippen molar-refractivity contribution >= 4 is 11.6 Å². The van der Waals surface area contributed by atoms with Crippen molar-refractivity contribution in [2.45, 2.75) is 38.8 Å². The van der Waals surface area contributed by atoms with Gasteiger partial charge in [0.15, 0.2) is 0 Å². The number of aliphatic imine (C=N–C) groups is 1. The molecule has 33 heavy (non-hydrogen) atoms. The maximum atomic E-state index is 10.6. The summed E-state index contributed by atoms with van der Waals surface area (Å²) in [5.74, 6) is 1.03. The van der Waals surface area contributed by atoms with Crippen LogP contribution in [-0.4, -0.2) is 72.4 Å². The first kappa shape index (κ1) is 21.9. The Morgan fingerprint density at radius 3 is 2.82 bits per heavy atom. The summed E-state index contributed by atoms with van der Waals surface area (Å²) in [6.45, 7) is 6.67. The van der Waals surface area contributed by atoms with Crippen LogP contribution in [0.5, 0.6) is 5.88 Å². The third-order valence-corrected chi connectivity index (χ3v) is 5.82. The highest BCUT2D eigenvalue weighted by atomic mass is 16.6. The van der Waals surface area contributed by atoms with Gasteiger partial charge in [-0.1, -0.05) is 18.2 Å². The number of pyridine rings is 1. The molecule has 0 amide bonds. The van der Waals surface area contributed by atoms with E-state index >= 15 is 0 Å². The molecule has 3 aliphatic rings. The Morgan fingerprint density at radius 2 is 2.06 bits per heavy atom. The molecule has 3 aliphatic heterocycles. The summed E-state index contributed by atoms with van der Waals surface area (Å²) in [4.78, 5) is 10.6. The van der Waals surface area contributed by atoms with Crippen molar-refractivity contribution in [2.75, 3.05) is 33.0 Å². The number of aliphatic hydroxyl groups is 1. The lowest BCUT2D eigenvalue weighted by Gasteiger charge is -2.37. The fourth-order valence-electron chi connectivity index (χ4n) is 4.24. The highest BCUT2D eigenvalue weighted by Gasteiger charge is 2.30. The fourth-order valence-corrected chi connectivity index (χ4v) is 4.24. The predicted molar refractivity (Wildman–Crippen MR) is 124 cm³/mol. The van der Waals surface area contributed by atoms with E-state index in [2.05, 4.69) is 28.2 Å². The Labute approximate surface area is 193 Å². The van der Waals surface area contributed by atoms with Gasteiger partial charge in [-0.3, -0.25) is 0 Å². The minimum Gasteiger partial charge on any atom is -0.475 e. The summed E-state index contributed by atoms with van der Waals surface area (Å²) in [6, 6.07) is 10.3. The summed E-state index contributed by atoms with van der Waals surface area (Å²) < 4.78 is 22.5. The lowest BCUT2D eigenvalue weighted by atomic mass is 9.92. The van der Waals surface area contributed by atoms with Crippen LogP contribution >= 0.6 is 0 Å². The molecule has 8 nitrogen and oxygen atoms in total. The molecule has 4 heterocycles. The number of rotatable bonds is 5. The molecule has 1 aromatic carbocycles. The Balaban J connectivity index is 1.35. The Bertz CT molecular complexity index is 1040. The van der Waals surface area contributed by atoms with E-state index < -0.39 is 6.35 Å². The van der Waals surface area contributed by atoms with Gasteiger partial charge in [-0.05, 0) is 37.5 Å². The van der Waals surface area contributed by atoms with E-state index in [4.69, 9.17) is 18.9 Å². The van der Waals surface area contributed by atoms with Gasteiger partial charge >= 0.3 is 0 Å². The van der Waals surface area contributed by atoms with Crippen LogP contribution in [0.25, 0.3) is 16.8 Å². The monoisotopic (exact) mass is 451 g/mol. The van der Waals surface area contributed by atoms with E-state index in [1.807, 2.05) is 43.2 Å². The van der Waals surface area contributed by atoms with E-state index in [9.17, 15) is 5.11 Å². The Morgan fingerprint density at radius 1 is 1.18 bits per heavy atom. The molecule has 2 atom stereocenters. The summed E-state index contributed by atoms with van der Waals surface area (Å²) in [5, 5.41) is 10.6. The van der Waals surface area contributed by atoms with E-state index in [0.717, 1.165) is 28.8 Å². The van der Waals surface area contributed by atoms with Crippen LogP contribution in [0.3, 0.4) is 0 Å². The van der Waals surface area contributed by atoms with Crippen LogP contribution < -0.4 is 4.74 Å². The molecule has 1 fully saturated rings. The zero-order valence-electron chi connectivity index (χ0n) is 18.9. The highest BCUT2D eigenvalue weighted by Crippen LogP contribution is 2.35. The standard InChI is InChI=1S/C25H29N3O5/c1-16(2)33-23-6-4-19(13-26-23)17-3-5-21-18(11-17)7-8-28-22(21)12-24(27-25(28)29)32-15-20-14-30-9-10-31-20/h3-6,11-13,16,20,25,29H,7-10,14-15H2,1-2H3. The van der Waals surface area contributed by atoms with Gasteiger partial charge in [0.2, 0.25) is 18.1 Å². The number of aromatic nitrogens is 1. The lowest BCUT2D eigenvalue weighted by molar-refractivity contribution is -0.103. The minimum absolute atomic E-state index is 0.0927. The maximum Gasteiger partial charge on any atom is 0.229 e. The first-order chi connectivity index (χ1) is 16.1. The number of benzene rings is 1. The summed E-state index contributed by atoms with van der Waals surface area (Å²) in [5.41, 5.74) is 5.34. The van der Waals surface area contributed by atoms with Gasteiger partial charge in [-0.15, -0.1) is 0 Å². The fraction of sp³-hybridized carbons (Fsp3) is 0.440. The largest absolute Gasteiger partial charge is 0.475 e. The molecular formula is C25H29N3O5. The van der Waals surface area contributed by atoms with Crippen LogP contribution in [0, 0.1) is 0 Å². The van der Waals surface area contributed by atoms with E-state index in [1.165, 1.54) is 5.56 Å². The van der Waals surface area contributed by atoms with Crippen LogP contribution in [0.4, 0.5) is 0 Å². The second kappa shape index (κ2) is 9.51. The smallest absolute Gasteiger partial charge is 0.229 e. The lowest BCUT2D eigenvalue weighted by Crippen LogP contribution is -2.41. The van der Waals surface area contributed by atoms with E-state index in [-0.39, 0.29) is 12.2 Å². The number of hydrogen-bond donors (Lipinski definition) is 1. The van der Waals surface area contributed by atoms with Gasteiger partial charge in [-0.2, -0.15) is 4.99 Å². The number of ether oxygens (including phenoxy) is 4. The number of fused-ring (bicyclic) bond motifs is 3.